The Morgan fingerprint density at radius 1 is 1.20 bits per heavy atom. The molecule has 0 spiro atoms. The molecule has 1 aliphatic rings. The normalized spacial score (nSPS) is 28.3. The highest BCUT2D eigenvalue weighted by Gasteiger charge is 2.30. The summed E-state index contributed by atoms with van der Waals surface area (Å²) in [5, 5.41) is 3.66. The van der Waals surface area contributed by atoms with Crippen LogP contribution >= 0.6 is 0 Å². The Kier molecular flexibility index (Phi) is 5.59. The van der Waals surface area contributed by atoms with E-state index < -0.39 is 0 Å². The molecule has 0 saturated heterocycles. The molecule has 1 nitrogen and oxygen atoms in total. The lowest BCUT2D eigenvalue weighted by molar-refractivity contribution is 0.176. The van der Waals surface area contributed by atoms with Crippen LogP contribution in [0, 0.1) is 23.6 Å². The third-order valence-corrected chi connectivity index (χ3v) is 4.51. The lowest BCUT2D eigenvalue weighted by atomic mass is 9.72. The van der Waals surface area contributed by atoms with E-state index in [9.17, 15) is 4.39 Å². The third-order valence-electron chi connectivity index (χ3n) is 4.51. The maximum atomic E-state index is 13.5. The highest BCUT2D eigenvalue weighted by atomic mass is 19.1. The van der Waals surface area contributed by atoms with Gasteiger partial charge in [-0.05, 0) is 67.7 Å². The molecule has 1 N–H and O–H groups in total. The largest absolute Gasteiger partial charge is 0.310 e. The van der Waals surface area contributed by atoms with Crippen LogP contribution in [-0.4, -0.2) is 6.54 Å². The predicted octanol–water partition coefficient (Wildman–Crippen LogP) is 4.94. The highest BCUT2D eigenvalue weighted by Crippen LogP contribution is 2.39. The van der Waals surface area contributed by atoms with Crippen LogP contribution < -0.4 is 5.32 Å². The number of rotatable bonds is 5. The molecule has 0 bridgehead atoms. The first-order chi connectivity index (χ1) is 9.60. The minimum Gasteiger partial charge on any atom is -0.310 e. The summed E-state index contributed by atoms with van der Waals surface area (Å²) in [7, 11) is 0. The third kappa shape index (κ3) is 4.05. The van der Waals surface area contributed by atoms with Crippen LogP contribution in [0.2, 0.25) is 0 Å². The van der Waals surface area contributed by atoms with Crippen molar-refractivity contribution in [1.82, 2.24) is 5.32 Å². The molecule has 0 amide bonds. The highest BCUT2D eigenvalue weighted by molar-refractivity contribution is 5.21. The molecule has 0 heterocycles. The fourth-order valence-corrected chi connectivity index (χ4v) is 3.84. The van der Waals surface area contributed by atoms with E-state index in [1.807, 2.05) is 6.07 Å². The van der Waals surface area contributed by atoms with Gasteiger partial charge in [-0.2, -0.15) is 0 Å². The molecule has 3 atom stereocenters. The van der Waals surface area contributed by atoms with Crippen LogP contribution in [0.25, 0.3) is 0 Å². The van der Waals surface area contributed by atoms with Gasteiger partial charge >= 0.3 is 0 Å². The van der Waals surface area contributed by atoms with Crippen LogP contribution in [0.15, 0.2) is 24.3 Å². The minimum atomic E-state index is -0.122. The van der Waals surface area contributed by atoms with Gasteiger partial charge in [0.2, 0.25) is 0 Å². The molecule has 1 aromatic rings. The van der Waals surface area contributed by atoms with Gasteiger partial charge in [0.1, 0.15) is 5.82 Å². The zero-order valence-corrected chi connectivity index (χ0v) is 13.0. The van der Waals surface area contributed by atoms with Crippen molar-refractivity contribution in [3.63, 3.8) is 0 Å². The lowest BCUT2D eigenvalue weighted by Crippen LogP contribution is -2.33. The standard InChI is InChI=1S/C18H28FN/c1-4-8-20-18(15-6-5-7-17(19)12-15)16-10-13(2)9-14(3)11-16/h5-7,12-14,16,18,20H,4,8-11H2,1-3H3. The van der Waals surface area contributed by atoms with Crippen molar-refractivity contribution >= 4 is 0 Å². The average molecular weight is 277 g/mol. The number of nitrogens with one attached hydrogen (secondary N) is 1. The van der Waals surface area contributed by atoms with E-state index in [-0.39, 0.29) is 5.82 Å². The molecule has 0 aliphatic heterocycles. The first kappa shape index (κ1) is 15.5. The average Bonchev–Trinajstić information content (AvgIpc) is 2.38. The van der Waals surface area contributed by atoms with Crippen LogP contribution in [0.5, 0.6) is 0 Å². The van der Waals surface area contributed by atoms with Crippen LogP contribution in [-0.2, 0) is 0 Å². The maximum Gasteiger partial charge on any atom is 0.123 e. The van der Waals surface area contributed by atoms with Crippen molar-refractivity contribution in [3.8, 4) is 0 Å². The van der Waals surface area contributed by atoms with Crippen molar-refractivity contribution in [2.45, 2.75) is 52.5 Å². The van der Waals surface area contributed by atoms with Gasteiger partial charge in [0.15, 0.2) is 0 Å². The molecule has 2 rings (SSSR count). The smallest absolute Gasteiger partial charge is 0.123 e. The number of benzene rings is 1. The Hall–Kier alpha value is -0.890. The molecule has 2 heteroatoms. The fourth-order valence-electron chi connectivity index (χ4n) is 3.84. The summed E-state index contributed by atoms with van der Waals surface area (Å²) in [6.45, 7) is 7.89. The minimum absolute atomic E-state index is 0.122. The Labute approximate surface area is 123 Å². The van der Waals surface area contributed by atoms with E-state index in [0.717, 1.165) is 30.4 Å². The lowest BCUT2D eigenvalue weighted by Gasteiger charge is -2.37. The predicted molar refractivity (Wildman–Crippen MR) is 83.1 cm³/mol. The summed E-state index contributed by atoms with van der Waals surface area (Å²) in [5.41, 5.74) is 1.12. The SMILES string of the molecule is CCCNC(c1cccc(F)c1)C1CC(C)CC(C)C1. The molecule has 3 unspecified atom stereocenters. The monoisotopic (exact) mass is 277 g/mol. The van der Waals surface area contributed by atoms with Gasteiger partial charge < -0.3 is 5.32 Å². The molecular weight excluding hydrogens is 249 g/mol. The molecular formula is C18H28FN. The molecule has 1 aromatic carbocycles. The van der Waals surface area contributed by atoms with E-state index in [1.165, 1.54) is 25.3 Å². The number of hydrogen-bond acceptors (Lipinski definition) is 1. The molecule has 1 aliphatic carbocycles. The van der Waals surface area contributed by atoms with Crippen LogP contribution in [0.3, 0.4) is 0 Å². The van der Waals surface area contributed by atoms with Crippen molar-refractivity contribution < 1.29 is 4.39 Å². The van der Waals surface area contributed by atoms with E-state index in [2.05, 4.69) is 32.2 Å². The topological polar surface area (TPSA) is 12.0 Å². The van der Waals surface area contributed by atoms with Crippen molar-refractivity contribution in [2.24, 2.45) is 17.8 Å². The first-order valence-electron chi connectivity index (χ1n) is 8.09. The molecule has 0 aromatic heterocycles. The first-order valence-corrected chi connectivity index (χ1v) is 8.09. The summed E-state index contributed by atoms with van der Waals surface area (Å²) in [6, 6.07) is 7.45. The van der Waals surface area contributed by atoms with Crippen molar-refractivity contribution in [2.75, 3.05) is 6.54 Å². The van der Waals surface area contributed by atoms with E-state index in [4.69, 9.17) is 0 Å². The second-order valence-corrected chi connectivity index (χ2v) is 6.66. The fraction of sp³-hybridized carbons (Fsp3) is 0.667. The molecule has 0 radical (unpaired) electrons. The molecule has 20 heavy (non-hydrogen) atoms. The van der Waals surface area contributed by atoms with Gasteiger partial charge in [-0.1, -0.05) is 32.9 Å². The number of hydrogen-bond donors (Lipinski definition) is 1. The molecule has 112 valence electrons. The molecule has 1 fully saturated rings. The maximum absolute atomic E-state index is 13.5. The van der Waals surface area contributed by atoms with Gasteiger partial charge in [0, 0.05) is 6.04 Å². The summed E-state index contributed by atoms with van der Waals surface area (Å²) < 4.78 is 13.5. The quantitative estimate of drug-likeness (QED) is 0.804. The summed E-state index contributed by atoms with van der Waals surface area (Å²) in [6.07, 6.45) is 4.95. The summed E-state index contributed by atoms with van der Waals surface area (Å²) in [5.74, 6) is 2.07. The van der Waals surface area contributed by atoms with E-state index in [0.29, 0.717) is 12.0 Å². The van der Waals surface area contributed by atoms with Crippen LogP contribution in [0.1, 0.15) is 58.1 Å². The van der Waals surface area contributed by atoms with Gasteiger partial charge in [0.05, 0.1) is 0 Å². The Morgan fingerprint density at radius 2 is 1.90 bits per heavy atom. The van der Waals surface area contributed by atoms with E-state index >= 15 is 0 Å². The second kappa shape index (κ2) is 7.21. The Bertz CT molecular complexity index is 408. The summed E-state index contributed by atoms with van der Waals surface area (Å²) >= 11 is 0. The van der Waals surface area contributed by atoms with Gasteiger partial charge in [-0.3, -0.25) is 0 Å². The second-order valence-electron chi connectivity index (χ2n) is 6.66. The zero-order chi connectivity index (χ0) is 14.5. The van der Waals surface area contributed by atoms with Crippen molar-refractivity contribution in [3.05, 3.63) is 35.6 Å². The van der Waals surface area contributed by atoms with Gasteiger partial charge in [0.25, 0.3) is 0 Å². The van der Waals surface area contributed by atoms with Crippen LogP contribution in [0.4, 0.5) is 4.39 Å². The summed E-state index contributed by atoms with van der Waals surface area (Å²) in [4.78, 5) is 0. The zero-order valence-electron chi connectivity index (χ0n) is 13.0. The van der Waals surface area contributed by atoms with Crippen molar-refractivity contribution in [1.29, 1.82) is 0 Å². The molecule has 1 saturated carbocycles. The van der Waals surface area contributed by atoms with E-state index in [1.54, 1.807) is 6.07 Å². The van der Waals surface area contributed by atoms with Gasteiger partial charge in [-0.15, -0.1) is 0 Å². The Balaban J connectivity index is 2.18. The van der Waals surface area contributed by atoms with Gasteiger partial charge in [-0.25, -0.2) is 4.39 Å². The number of halogens is 1. The Morgan fingerprint density at radius 3 is 2.50 bits per heavy atom.